The van der Waals surface area contributed by atoms with Crippen LogP contribution in [0.4, 0.5) is 20.3 Å². The number of likely N-dealkylation sites (tertiary alicyclic amines) is 1. The zero-order valence-electron chi connectivity index (χ0n) is 17.8. The highest BCUT2D eigenvalue weighted by Crippen LogP contribution is 2.35. The van der Waals surface area contributed by atoms with Crippen molar-refractivity contribution in [1.29, 1.82) is 5.26 Å². The van der Waals surface area contributed by atoms with E-state index in [0.29, 0.717) is 43.9 Å². The van der Waals surface area contributed by atoms with Gasteiger partial charge in [-0.3, -0.25) is 14.4 Å². The minimum atomic E-state index is -0.660. The monoisotopic (exact) mass is 451 g/mol. The van der Waals surface area contributed by atoms with E-state index in [-0.39, 0.29) is 23.6 Å². The van der Waals surface area contributed by atoms with Gasteiger partial charge in [-0.05, 0) is 49.2 Å². The van der Waals surface area contributed by atoms with Crippen molar-refractivity contribution in [2.45, 2.75) is 31.3 Å². The van der Waals surface area contributed by atoms with Gasteiger partial charge in [-0.25, -0.2) is 9.37 Å². The summed E-state index contributed by atoms with van der Waals surface area (Å²) in [5, 5.41) is 17.1. The van der Waals surface area contributed by atoms with E-state index >= 15 is 0 Å². The first kappa shape index (κ1) is 22.4. The van der Waals surface area contributed by atoms with Gasteiger partial charge in [-0.2, -0.15) is 14.8 Å². The van der Waals surface area contributed by atoms with E-state index < -0.39 is 17.4 Å². The number of hydrogen-bond acceptors (Lipinski definition) is 6. The molecule has 1 amide bonds. The number of benzene rings is 1. The predicted molar refractivity (Wildman–Crippen MR) is 117 cm³/mol. The van der Waals surface area contributed by atoms with E-state index in [1.54, 1.807) is 23.0 Å². The summed E-state index contributed by atoms with van der Waals surface area (Å²) in [4.78, 5) is 18.1. The van der Waals surface area contributed by atoms with Crippen molar-refractivity contribution >= 4 is 17.4 Å². The predicted octanol–water partition coefficient (Wildman–Crippen LogP) is 3.30. The van der Waals surface area contributed by atoms with E-state index in [0.717, 1.165) is 0 Å². The largest absolute Gasteiger partial charge is 0.365 e. The van der Waals surface area contributed by atoms with Crippen LogP contribution in [-0.2, 0) is 12.1 Å². The van der Waals surface area contributed by atoms with Crippen LogP contribution in [0.5, 0.6) is 0 Å². The number of aromatic nitrogens is 3. The lowest BCUT2D eigenvalue weighted by Crippen LogP contribution is -2.46. The molecular formula is C23H23F2N7O. The molecule has 33 heavy (non-hydrogen) atoms. The van der Waals surface area contributed by atoms with Crippen LogP contribution >= 0.6 is 0 Å². The van der Waals surface area contributed by atoms with Crippen molar-refractivity contribution in [3.05, 3.63) is 71.7 Å². The first-order chi connectivity index (χ1) is 15.9. The lowest BCUT2D eigenvalue weighted by Gasteiger charge is -2.40. The van der Waals surface area contributed by atoms with Gasteiger partial charge < -0.3 is 11.1 Å². The highest BCUT2D eigenvalue weighted by molar-refractivity contribution is 5.98. The summed E-state index contributed by atoms with van der Waals surface area (Å²) in [6, 6.07) is 12.6. The molecule has 3 N–H and O–H groups in total. The molecule has 0 bridgehead atoms. The van der Waals surface area contributed by atoms with Crippen molar-refractivity contribution < 1.29 is 13.6 Å². The average molecular weight is 451 g/mol. The van der Waals surface area contributed by atoms with Crippen LogP contribution in [0.2, 0.25) is 0 Å². The fourth-order valence-electron chi connectivity index (χ4n) is 4.09. The minimum Gasteiger partial charge on any atom is -0.365 e. The molecule has 0 spiro atoms. The lowest BCUT2D eigenvalue weighted by molar-refractivity contribution is 0.0959. The number of piperidine rings is 1. The number of nitriles is 1. The number of hydrogen-bond donors (Lipinski definition) is 2. The Hall–Kier alpha value is -3.84. The number of nitrogens with zero attached hydrogens (tertiary/aromatic N) is 5. The summed E-state index contributed by atoms with van der Waals surface area (Å²) in [6.07, 6.45) is 2.97. The molecule has 170 valence electrons. The molecule has 1 saturated heterocycles. The number of rotatable bonds is 7. The number of halogens is 2. The van der Waals surface area contributed by atoms with Crippen LogP contribution < -0.4 is 11.1 Å². The molecule has 4 rings (SSSR count). The molecule has 0 saturated carbocycles. The lowest BCUT2D eigenvalue weighted by atomic mass is 9.85. The third kappa shape index (κ3) is 4.99. The molecule has 2 aromatic heterocycles. The normalized spacial score (nSPS) is 15.7. The molecule has 0 aliphatic carbocycles. The fourth-order valence-corrected chi connectivity index (χ4v) is 4.09. The van der Waals surface area contributed by atoms with Gasteiger partial charge in [0.15, 0.2) is 5.82 Å². The Morgan fingerprint density at radius 2 is 1.91 bits per heavy atom. The number of nitrogens with one attached hydrogen (secondary N) is 1. The smallest absolute Gasteiger partial charge is 0.254 e. The summed E-state index contributed by atoms with van der Waals surface area (Å²) < 4.78 is 28.3. The Morgan fingerprint density at radius 3 is 2.55 bits per heavy atom. The van der Waals surface area contributed by atoms with Gasteiger partial charge in [-0.1, -0.05) is 6.07 Å². The number of carbonyl (C=O) groups excluding carboxylic acids is 1. The third-order valence-electron chi connectivity index (χ3n) is 5.93. The van der Waals surface area contributed by atoms with Crippen LogP contribution in [0.15, 0.2) is 48.7 Å². The fraction of sp³-hybridized carbons (Fsp3) is 0.304. The Bertz CT molecular complexity index is 1180. The van der Waals surface area contributed by atoms with Gasteiger partial charge >= 0.3 is 0 Å². The molecule has 1 aliphatic rings. The molecule has 1 fully saturated rings. The summed E-state index contributed by atoms with van der Waals surface area (Å²) in [5.74, 6) is -1.31. The van der Waals surface area contributed by atoms with Gasteiger partial charge in [0.25, 0.3) is 5.91 Å². The van der Waals surface area contributed by atoms with Crippen LogP contribution in [0.1, 0.15) is 35.3 Å². The van der Waals surface area contributed by atoms with Crippen molar-refractivity contribution in [2.24, 2.45) is 5.73 Å². The minimum absolute atomic E-state index is 0.183. The molecule has 0 unspecified atom stereocenters. The second-order valence-electron chi connectivity index (χ2n) is 8.12. The number of primary amides is 1. The third-order valence-corrected chi connectivity index (χ3v) is 5.93. The zero-order valence-corrected chi connectivity index (χ0v) is 17.8. The van der Waals surface area contributed by atoms with E-state index in [9.17, 15) is 18.8 Å². The number of amides is 1. The van der Waals surface area contributed by atoms with Gasteiger partial charge in [0.2, 0.25) is 5.95 Å². The quantitative estimate of drug-likeness (QED) is 0.533. The number of anilines is 2. The standard InChI is InChI=1S/C23H23F2N7O/c24-16-4-6-17(7-5-16)29-22-19(21(27)33)15-32(30-22)23(8-11-26)9-12-31(13-10-23)14-18-2-1-3-20(25)28-18/h1-7,15H,8-10,12-14H2,(H2,27,33)(H,29,30). The topological polar surface area (TPSA) is 113 Å². The maximum atomic E-state index is 13.4. The Kier molecular flexibility index (Phi) is 6.33. The van der Waals surface area contributed by atoms with Crippen molar-refractivity contribution in [3.8, 4) is 6.07 Å². The molecule has 0 atom stereocenters. The second kappa shape index (κ2) is 9.34. The molecule has 8 nitrogen and oxygen atoms in total. The SMILES string of the molecule is N#CCC1(n2cc(C(N)=O)c(Nc3ccc(F)cc3)n2)CCN(Cc2cccc(F)n2)CC1. The van der Waals surface area contributed by atoms with Crippen LogP contribution in [0.3, 0.4) is 0 Å². The first-order valence-corrected chi connectivity index (χ1v) is 10.5. The summed E-state index contributed by atoms with van der Waals surface area (Å²) in [5.41, 5.74) is 6.33. The Morgan fingerprint density at radius 1 is 1.18 bits per heavy atom. The summed E-state index contributed by atoms with van der Waals surface area (Å²) in [6.45, 7) is 1.79. The van der Waals surface area contributed by atoms with Gasteiger partial charge in [0, 0.05) is 31.5 Å². The molecular weight excluding hydrogens is 428 g/mol. The molecule has 3 aromatic rings. The second-order valence-corrected chi connectivity index (χ2v) is 8.12. The molecule has 1 aliphatic heterocycles. The average Bonchev–Trinajstić information content (AvgIpc) is 3.22. The Balaban J connectivity index is 1.55. The number of pyridine rings is 1. The van der Waals surface area contributed by atoms with E-state index in [4.69, 9.17) is 5.73 Å². The zero-order chi connectivity index (χ0) is 23.4. The maximum Gasteiger partial charge on any atom is 0.254 e. The van der Waals surface area contributed by atoms with Crippen molar-refractivity contribution in [1.82, 2.24) is 19.7 Å². The number of carbonyl (C=O) groups is 1. The molecule has 3 heterocycles. The first-order valence-electron chi connectivity index (χ1n) is 10.5. The molecule has 1 aromatic carbocycles. The van der Waals surface area contributed by atoms with Crippen LogP contribution in [-0.4, -0.2) is 38.7 Å². The van der Waals surface area contributed by atoms with E-state index in [2.05, 4.69) is 26.4 Å². The van der Waals surface area contributed by atoms with Crippen molar-refractivity contribution in [2.75, 3.05) is 18.4 Å². The highest BCUT2D eigenvalue weighted by Gasteiger charge is 2.38. The summed E-state index contributed by atoms with van der Waals surface area (Å²) in [7, 11) is 0. The van der Waals surface area contributed by atoms with Gasteiger partial charge in [0.1, 0.15) is 11.4 Å². The summed E-state index contributed by atoms with van der Waals surface area (Å²) >= 11 is 0. The maximum absolute atomic E-state index is 13.4. The van der Waals surface area contributed by atoms with Crippen LogP contribution in [0.25, 0.3) is 0 Å². The van der Waals surface area contributed by atoms with Crippen LogP contribution in [0, 0.1) is 23.1 Å². The van der Waals surface area contributed by atoms with Gasteiger partial charge in [0.05, 0.1) is 23.7 Å². The highest BCUT2D eigenvalue weighted by atomic mass is 19.1. The molecule has 0 radical (unpaired) electrons. The van der Waals surface area contributed by atoms with Crippen molar-refractivity contribution in [3.63, 3.8) is 0 Å². The van der Waals surface area contributed by atoms with E-state index in [1.807, 2.05) is 0 Å². The number of nitrogens with two attached hydrogens (primary N) is 1. The van der Waals surface area contributed by atoms with E-state index in [1.165, 1.54) is 30.3 Å². The van der Waals surface area contributed by atoms with Gasteiger partial charge in [-0.15, -0.1) is 0 Å². The Labute approximate surface area is 189 Å². The molecule has 10 heteroatoms.